The van der Waals surface area contributed by atoms with Crippen LogP contribution in [0.5, 0.6) is 5.75 Å². The van der Waals surface area contributed by atoms with Gasteiger partial charge in [0.15, 0.2) is 0 Å². The lowest BCUT2D eigenvalue weighted by atomic mass is 9.66. The van der Waals surface area contributed by atoms with Crippen molar-refractivity contribution in [3.8, 4) is 5.75 Å². The number of aliphatic carboxylic acids is 1. The van der Waals surface area contributed by atoms with Crippen LogP contribution >= 0.6 is 0 Å². The van der Waals surface area contributed by atoms with E-state index in [0.717, 1.165) is 12.0 Å². The number of rotatable bonds is 7. The van der Waals surface area contributed by atoms with Gasteiger partial charge in [-0.05, 0) is 42.7 Å². The maximum atomic E-state index is 12.9. The molecule has 26 heavy (non-hydrogen) atoms. The van der Waals surface area contributed by atoms with Gasteiger partial charge in [-0.15, -0.1) is 0 Å². The second kappa shape index (κ2) is 7.56. The first-order valence-corrected chi connectivity index (χ1v) is 8.47. The average Bonchev–Trinajstić information content (AvgIpc) is 2.58. The molecule has 1 aliphatic rings. The summed E-state index contributed by atoms with van der Waals surface area (Å²) in [7, 11) is 0. The zero-order valence-electron chi connectivity index (χ0n) is 14.2. The van der Waals surface area contributed by atoms with Gasteiger partial charge in [-0.1, -0.05) is 24.6 Å². The first kappa shape index (κ1) is 17.9. The summed E-state index contributed by atoms with van der Waals surface area (Å²) in [5.74, 6) is -0.967. The van der Waals surface area contributed by atoms with Crippen molar-refractivity contribution in [3.63, 3.8) is 0 Å². The van der Waals surface area contributed by atoms with E-state index in [1.807, 2.05) is 0 Å². The maximum absolute atomic E-state index is 12.9. The topological polar surface area (TPSA) is 75.6 Å². The van der Waals surface area contributed by atoms with Crippen LogP contribution in [0.3, 0.4) is 0 Å². The fourth-order valence-corrected chi connectivity index (χ4v) is 2.99. The smallest absolute Gasteiger partial charge is 0.310 e. The number of hydrogen-bond acceptors (Lipinski definition) is 3. The van der Waals surface area contributed by atoms with Crippen LogP contribution in [0.1, 0.15) is 31.2 Å². The number of carbonyl (C=O) groups excluding carboxylic acids is 1. The summed E-state index contributed by atoms with van der Waals surface area (Å²) in [6.07, 6.45) is 1.89. The molecule has 0 aliphatic heterocycles. The van der Waals surface area contributed by atoms with E-state index in [-0.39, 0.29) is 24.8 Å². The van der Waals surface area contributed by atoms with Crippen molar-refractivity contribution in [1.29, 1.82) is 0 Å². The lowest BCUT2D eigenvalue weighted by Crippen LogP contribution is -2.41. The quantitative estimate of drug-likeness (QED) is 0.786. The van der Waals surface area contributed by atoms with Crippen LogP contribution < -0.4 is 10.1 Å². The normalized spacial score (nSPS) is 15.0. The largest absolute Gasteiger partial charge is 0.489 e. The number of carboxylic acid groups (broad SMARTS) is 1. The molecule has 0 saturated heterocycles. The third kappa shape index (κ3) is 4.20. The Morgan fingerprint density at radius 3 is 2.50 bits per heavy atom. The first-order chi connectivity index (χ1) is 12.5. The number of hydrogen-bond donors (Lipinski definition) is 2. The molecule has 0 bridgehead atoms. The third-order valence-electron chi connectivity index (χ3n) is 4.70. The Morgan fingerprint density at radius 1 is 1.15 bits per heavy atom. The van der Waals surface area contributed by atoms with E-state index >= 15 is 0 Å². The fraction of sp³-hybridized carbons (Fsp3) is 0.300. The fourth-order valence-electron chi connectivity index (χ4n) is 2.99. The first-order valence-electron chi connectivity index (χ1n) is 8.47. The number of carboxylic acids is 1. The molecule has 5 nitrogen and oxygen atoms in total. The van der Waals surface area contributed by atoms with Gasteiger partial charge in [0.05, 0.1) is 5.41 Å². The molecule has 1 fully saturated rings. The van der Waals surface area contributed by atoms with E-state index in [2.05, 4.69) is 5.32 Å². The number of benzene rings is 2. The minimum atomic E-state index is -0.916. The van der Waals surface area contributed by atoms with Gasteiger partial charge in [-0.25, -0.2) is 4.39 Å². The highest BCUT2D eigenvalue weighted by molar-refractivity contribution is 5.94. The van der Waals surface area contributed by atoms with Gasteiger partial charge in [-0.2, -0.15) is 0 Å². The van der Waals surface area contributed by atoms with Crippen LogP contribution in [-0.2, 0) is 16.2 Å². The monoisotopic (exact) mass is 357 g/mol. The molecule has 0 aromatic heterocycles. The molecule has 0 heterocycles. The molecule has 2 aromatic rings. The van der Waals surface area contributed by atoms with E-state index < -0.39 is 11.4 Å². The van der Waals surface area contributed by atoms with E-state index in [4.69, 9.17) is 4.74 Å². The van der Waals surface area contributed by atoms with Gasteiger partial charge < -0.3 is 15.2 Å². The minimum Gasteiger partial charge on any atom is -0.489 e. The van der Waals surface area contributed by atoms with Crippen LogP contribution in [-0.4, -0.2) is 17.0 Å². The number of ether oxygens (including phenoxy) is 1. The summed E-state index contributed by atoms with van der Waals surface area (Å²) >= 11 is 0. The van der Waals surface area contributed by atoms with E-state index in [9.17, 15) is 19.1 Å². The summed E-state index contributed by atoms with van der Waals surface area (Å²) in [6, 6.07) is 12.9. The molecule has 0 spiro atoms. The molecular formula is C20H20FNO4. The summed E-state index contributed by atoms with van der Waals surface area (Å²) in [5.41, 5.74) is 0.460. The zero-order valence-corrected chi connectivity index (χ0v) is 14.2. The Labute approximate surface area is 150 Å². The Kier molecular flexibility index (Phi) is 5.21. The van der Waals surface area contributed by atoms with Gasteiger partial charge in [0.2, 0.25) is 5.91 Å². The Morgan fingerprint density at radius 2 is 1.88 bits per heavy atom. The van der Waals surface area contributed by atoms with Gasteiger partial charge in [0.25, 0.3) is 0 Å². The molecule has 6 heteroatoms. The van der Waals surface area contributed by atoms with Gasteiger partial charge in [-0.3, -0.25) is 9.59 Å². The second-order valence-corrected chi connectivity index (χ2v) is 6.61. The van der Waals surface area contributed by atoms with Crippen molar-refractivity contribution in [2.45, 2.75) is 32.3 Å². The summed E-state index contributed by atoms with van der Waals surface area (Å²) in [5, 5.41) is 12.0. The number of carbonyl (C=O) groups is 2. The van der Waals surface area contributed by atoms with E-state index in [1.54, 1.807) is 36.4 Å². The van der Waals surface area contributed by atoms with Crippen molar-refractivity contribution in [1.82, 2.24) is 0 Å². The molecule has 1 aliphatic carbocycles. The Balaban J connectivity index is 1.57. The summed E-state index contributed by atoms with van der Waals surface area (Å²) in [4.78, 5) is 23.6. The van der Waals surface area contributed by atoms with Crippen LogP contribution in [0.25, 0.3) is 0 Å². The highest BCUT2D eigenvalue weighted by atomic mass is 19.1. The Bertz CT molecular complexity index is 800. The van der Waals surface area contributed by atoms with Crippen LogP contribution in [0, 0.1) is 11.2 Å². The zero-order chi connectivity index (χ0) is 18.6. The summed E-state index contributed by atoms with van der Waals surface area (Å²) in [6.45, 7) is 0.278. The van der Waals surface area contributed by atoms with Gasteiger partial charge in [0, 0.05) is 18.2 Å². The Hall–Kier alpha value is -2.89. The molecule has 0 radical (unpaired) electrons. The predicted molar refractivity (Wildman–Crippen MR) is 94.3 cm³/mol. The lowest BCUT2D eigenvalue weighted by molar-refractivity contribution is -0.157. The van der Waals surface area contributed by atoms with E-state index in [0.29, 0.717) is 24.3 Å². The summed E-state index contributed by atoms with van der Waals surface area (Å²) < 4.78 is 18.6. The SMILES string of the molecule is O=C(CC1(C(=O)O)CCC1)Nc1cccc(OCc2ccc(F)cc2)c1. The average molecular weight is 357 g/mol. The molecule has 1 amide bonds. The molecule has 0 unspecified atom stereocenters. The lowest BCUT2D eigenvalue weighted by Gasteiger charge is -2.36. The molecule has 3 rings (SSSR count). The van der Waals surface area contributed by atoms with Gasteiger partial charge >= 0.3 is 5.97 Å². The minimum absolute atomic E-state index is 0.0248. The molecular weight excluding hydrogens is 337 g/mol. The van der Waals surface area contributed by atoms with Crippen molar-refractivity contribution < 1.29 is 23.8 Å². The molecule has 136 valence electrons. The predicted octanol–water partition coefficient (Wildman–Crippen LogP) is 3.99. The van der Waals surface area contributed by atoms with Crippen molar-refractivity contribution in [2.75, 3.05) is 5.32 Å². The van der Waals surface area contributed by atoms with Crippen LogP contribution in [0.2, 0.25) is 0 Å². The number of nitrogens with one attached hydrogen (secondary N) is 1. The van der Waals surface area contributed by atoms with E-state index in [1.165, 1.54) is 12.1 Å². The van der Waals surface area contributed by atoms with Crippen molar-refractivity contribution in [2.24, 2.45) is 5.41 Å². The molecule has 2 aromatic carbocycles. The highest BCUT2D eigenvalue weighted by Crippen LogP contribution is 2.44. The molecule has 2 N–H and O–H groups in total. The van der Waals surface area contributed by atoms with Crippen molar-refractivity contribution >= 4 is 17.6 Å². The highest BCUT2D eigenvalue weighted by Gasteiger charge is 2.45. The number of halogens is 1. The number of amides is 1. The second-order valence-electron chi connectivity index (χ2n) is 6.61. The number of anilines is 1. The van der Waals surface area contributed by atoms with Crippen molar-refractivity contribution in [3.05, 3.63) is 59.9 Å². The van der Waals surface area contributed by atoms with Crippen LogP contribution in [0.15, 0.2) is 48.5 Å². The maximum Gasteiger partial charge on any atom is 0.310 e. The van der Waals surface area contributed by atoms with Gasteiger partial charge in [0.1, 0.15) is 18.2 Å². The molecule has 1 saturated carbocycles. The standard InChI is InChI=1S/C20H20FNO4/c21-15-7-5-14(6-8-15)13-26-17-4-1-3-16(11-17)22-18(23)12-20(19(24)25)9-2-10-20/h1,3-8,11H,2,9-10,12-13H2,(H,22,23)(H,24,25). The molecule has 0 atom stereocenters. The third-order valence-corrected chi connectivity index (χ3v) is 4.70. The van der Waals surface area contributed by atoms with Crippen LogP contribution in [0.4, 0.5) is 10.1 Å².